The first-order valence-electron chi connectivity index (χ1n) is 8.43. The molecule has 0 spiro atoms. The van der Waals surface area contributed by atoms with Gasteiger partial charge in [-0.3, -0.25) is 0 Å². The molecule has 1 aliphatic rings. The fourth-order valence-electron chi connectivity index (χ4n) is 3.40. The molecular formula is C23H23Cl2Hf-. The summed E-state index contributed by atoms with van der Waals surface area (Å²) in [5.74, 6) is 0.427. The van der Waals surface area contributed by atoms with Crippen LogP contribution in [-0.2, 0) is 23.9 Å². The summed E-state index contributed by atoms with van der Waals surface area (Å²) >= 11 is 1.27. The summed E-state index contributed by atoms with van der Waals surface area (Å²) in [6.07, 6.45) is 8.86. The molecule has 0 saturated heterocycles. The average molecular weight is 549 g/mol. The zero-order chi connectivity index (χ0) is 17.3. The first kappa shape index (κ1) is 23.1. The van der Waals surface area contributed by atoms with Crippen LogP contribution in [0.4, 0.5) is 0 Å². The van der Waals surface area contributed by atoms with E-state index in [1.165, 1.54) is 62.1 Å². The molecule has 0 bridgehead atoms. The van der Waals surface area contributed by atoms with Crippen molar-refractivity contribution in [3.05, 3.63) is 77.4 Å². The van der Waals surface area contributed by atoms with Crippen LogP contribution in [0.5, 0.6) is 0 Å². The maximum Gasteiger partial charge on any atom is -0.00600 e. The van der Waals surface area contributed by atoms with Gasteiger partial charge in [0.05, 0.1) is 0 Å². The van der Waals surface area contributed by atoms with E-state index in [4.69, 9.17) is 0 Å². The molecule has 3 aromatic rings. The minimum Gasteiger partial charge on any atom is -1.00 e. The first-order valence-corrected chi connectivity index (χ1v) is 10.2. The summed E-state index contributed by atoms with van der Waals surface area (Å²) in [5.41, 5.74) is 4.17. The van der Waals surface area contributed by atoms with Gasteiger partial charge in [0.1, 0.15) is 0 Å². The van der Waals surface area contributed by atoms with E-state index in [1.807, 2.05) is 0 Å². The molecule has 0 fully saturated rings. The second-order valence-electron chi connectivity index (χ2n) is 6.79. The van der Waals surface area contributed by atoms with E-state index in [2.05, 4.69) is 88.4 Å². The molecule has 3 aromatic carbocycles. The van der Waals surface area contributed by atoms with Crippen LogP contribution in [0.1, 0.15) is 36.5 Å². The van der Waals surface area contributed by atoms with Crippen LogP contribution in [0.3, 0.4) is 0 Å². The molecule has 0 nitrogen and oxygen atoms in total. The van der Waals surface area contributed by atoms with Crippen molar-refractivity contribution in [3.8, 4) is 0 Å². The molecule has 0 N–H and O–H groups in total. The van der Waals surface area contributed by atoms with Gasteiger partial charge in [-0.15, -0.1) is 33.7 Å². The Hall–Kier alpha value is -0.890. The van der Waals surface area contributed by atoms with Gasteiger partial charge in [0.2, 0.25) is 0 Å². The van der Waals surface area contributed by atoms with Crippen molar-refractivity contribution >= 4 is 24.8 Å². The van der Waals surface area contributed by atoms with Crippen molar-refractivity contribution in [1.29, 1.82) is 0 Å². The van der Waals surface area contributed by atoms with Crippen LogP contribution in [0.25, 0.3) is 21.5 Å². The van der Waals surface area contributed by atoms with Gasteiger partial charge in [-0.1, -0.05) is 65.3 Å². The van der Waals surface area contributed by atoms with E-state index >= 15 is 0 Å². The zero-order valence-corrected chi connectivity index (χ0v) is 20.7. The van der Waals surface area contributed by atoms with Crippen LogP contribution < -0.4 is 24.8 Å². The van der Waals surface area contributed by atoms with Crippen LogP contribution in [-0.4, -0.2) is 3.26 Å². The standard InChI is InChI=1S/C20H17.C3H6.2ClH.Hf/c1-13-7-9-17-16(11-13)12-19-18(17)10-8-14(2)20(19)15-5-3-4-6-15;1-3-2;;;/h3-12,15H,1-2H3;1-2H3;2*1H;/q-1;;;;+2/p-2. The van der Waals surface area contributed by atoms with Crippen molar-refractivity contribution in [2.24, 2.45) is 0 Å². The molecule has 0 heterocycles. The molecule has 0 aromatic heterocycles. The summed E-state index contributed by atoms with van der Waals surface area (Å²) in [7, 11) is 0. The second-order valence-corrected chi connectivity index (χ2v) is 10.4. The zero-order valence-electron chi connectivity index (χ0n) is 15.6. The smallest absolute Gasteiger partial charge is 0.00600 e. The monoisotopic (exact) mass is 549 g/mol. The Morgan fingerprint density at radius 3 is 2.12 bits per heavy atom. The number of halogens is 2. The second kappa shape index (κ2) is 9.88. The molecule has 3 heteroatoms. The largest absolute Gasteiger partial charge is 1.00 e. The van der Waals surface area contributed by atoms with Crippen molar-refractivity contribution in [3.63, 3.8) is 0 Å². The van der Waals surface area contributed by atoms with Crippen molar-refractivity contribution in [2.45, 2.75) is 33.6 Å². The molecule has 0 saturated carbocycles. The van der Waals surface area contributed by atoms with Gasteiger partial charge in [-0.05, 0) is 19.8 Å². The Morgan fingerprint density at radius 1 is 0.923 bits per heavy atom. The van der Waals surface area contributed by atoms with Gasteiger partial charge in [-0.25, -0.2) is 0 Å². The number of aryl methyl sites for hydroxylation is 2. The molecule has 0 atom stereocenters. The molecule has 1 aliphatic carbocycles. The molecule has 0 unspecified atom stereocenters. The Labute approximate surface area is 183 Å². The Bertz CT molecular complexity index is 961. The van der Waals surface area contributed by atoms with Crippen molar-refractivity contribution < 1.29 is 48.7 Å². The van der Waals surface area contributed by atoms with Gasteiger partial charge in [-0.2, -0.15) is 0 Å². The summed E-state index contributed by atoms with van der Waals surface area (Å²) < 4.78 is 1.56. The van der Waals surface area contributed by atoms with Gasteiger partial charge in [0.25, 0.3) is 0 Å². The number of benzene rings is 2. The summed E-state index contributed by atoms with van der Waals surface area (Å²) in [4.78, 5) is 0. The van der Waals surface area contributed by atoms with Crippen LogP contribution in [0.15, 0.2) is 60.7 Å². The SMILES string of the molecule is C[C](C)=[Hf+2].Cc1ccc2c(c1)[cH-]c1c(C3C=CC=C3)c(C)ccc12.[Cl-].[Cl-]. The normalized spacial score (nSPS) is 12.5. The fourth-order valence-corrected chi connectivity index (χ4v) is 3.40. The maximum absolute atomic E-state index is 2.36. The van der Waals surface area contributed by atoms with Gasteiger partial charge >= 0.3 is 41.0 Å². The Kier molecular flexibility index (Phi) is 8.79. The van der Waals surface area contributed by atoms with E-state index in [0.29, 0.717) is 5.92 Å². The van der Waals surface area contributed by atoms with Crippen molar-refractivity contribution in [2.75, 3.05) is 0 Å². The molecule has 134 valence electrons. The third-order valence-corrected chi connectivity index (χ3v) is 4.38. The van der Waals surface area contributed by atoms with E-state index in [9.17, 15) is 0 Å². The molecule has 0 amide bonds. The van der Waals surface area contributed by atoms with E-state index < -0.39 is 0 Å². The van der Waals surface area contributed by atoms with Gasteiger partial charge < -0.3 is 24.8 Å². The van der Waals surface area contributed by atoms with Crippen LogP contribution >= 0.6 is 0 Å². The number of hydrogen-bond donors (Lipinski definition) is 0. The van der Waals surface area contributed by atoms with E-state index in [1.54, 1.807) is 3.26 Å². The molecular weight excluding hydrogens is 526 g/mol. The topological polar surface area (TPSA) is 0 Å². The predicted octanol–water partition coefficient (Wildman–Crippen LogP) is 0.292. The maximum atomic E-state index is 2.36. The summed E-state index contributed by atoms with van der Waals surface area (Å²) in [6.45, 7) is 8.67. The number of rotatable bonds is 1. The third kappa shape index (κ3) is 4.88. The molecule has 4 rings (SSSR count). The van der Waals surface area contributed by atoms with Gasteiger partial charge in [0.15, 0.2) is 0 Å². The molecule has 26 heavy (non-hydrogen) atoms. The minimum absolute atomic E-state index is 0. The first-order chi connectivity index (χ1) is 11.5. The average Bonchev–Trinajstić information content (AvgIpc) is 3.13. The van der Waals surface area contributed by atoms with E-state index in [-0.39, 0.29) is 24.8 Å². The minimum atomic E-state index is 0. The third-order valence-electron chi connectivity index (χ3n) is 4.38. The fraction of sp³-hybridized carbons (Fsp3) is 0.217. The Morgan fingerprint density at radius 2 is 1.50 bits per heavy atom. The predicted molar refractivity (Wildman–Crippen MR) is 104 cm³/mol. The van der Waals surface area contributed by atoms with E-state index in [0.717, 1.165) is 0 Å². The number of allylic oxidation sites excluding steroid dienone is 4. The van der Waals surface area contributed by atoms with Crippen LogP contribution in [0, 0.1) is 13.8 Å². The molecule has 0 radical (unpaired) electrons. The summed E-state index contributed by atoms with van der Waals surface area (Å²) in [6, 6.07) is 13.6. The quantitative estimate of drug-likeness (QED) is 0.303. The van der Waals surface area contributed by atoms with Crippen LogP contribution in [0.2, 0.25) is 0 Å². The number of hydrogen-bond acceptors (Lipinski definition) is 0. The van der Waals surface area contributed by atoms with Gasteiger partial charge in [0, 0.05) is 0 Å². The number of fused-ring (bicyclic) bond motifs is 3. The summed E-state index contributed by atoms with van der Waals surface area (Å²) in [5, 5.41) is 5.52. The molecule has 0 aliphatic heterocycles. The Balaban J connectivity index is 0.000000516. The van der Waals surface area contributed by atoms with Crippen molar-refractivity contribution in [1.82, 2.24) is 0 Å².